The number of allylic oxidation sites excluding steroid dienone is 1. The van der Waals surface area contributed by atoms with Gasteiger partial charge in [-0.2, -0.15) is 0 Å². The van der Waals surface area contributed by atoms with Gasteiger partial charge in [0, 0.05) is 31.3 Å². The maximum Gasteiger partial charge on any atom is 0.220 e. The van der Waals surface area contributed by atoms with Gasteiger partial charge in [0.05, 0.1) is 0 Å². The van der Waals surface area contributed by atoms with E-state index in [1.54, 1.807) is 0 Å². The van der Waals surface area contributed by atoms with E-state index in [2.05, 4.69) is 41.3 Å². The van der Waals surface area contributed by atoms with Crippen molar-refractivity contribution in [1.29, 1.82) is 0 Å². The van der Waals surface area contributed by atoms with Crippen molar-refractivity contribution in [2.45, 2.75) is 213 Å². The van der Waals surface area contributed by atoms with E-state index in [1.807, 2.05) is 6.20 Å². The topological polar surface area (TPSA) is 57.8 Å². The van der Waals surface area contributed by atoms with Crippen molar-refractivity contribution in [3.63, 3.8) is 0 Å². The van der Waals surface area contributed by atoms with E-state index < -0.39 is 0 Å². The molecule has 1 amide bonds. The molecule has 0 aliphatic rings. The first-order chi connectivity index (χ1) is 21.8. The number of unbranched alkanes of at least 4 members (excludes halogenated alkanes) is 27. The van der Waals surface area contributed by atoms with Crippen LogP contribution in [0.2, 0.25) is 0 Å². The Morgan fingerprint density at radius 3 is 1.47 bits per heavy atom. The van der Waals surface area contributed by atoms with Crippen molar-refractivity contribution in [3.05, 3.63) is 23.8 Å². The van der Waals surface area contributed by atoms with Crippen LogP contribution in [0.3, 0.4) is 0 Å². The molecule has 1 rings (SSSR count). The second kappa shape index (κ2) is 35.6. The Hall–Kier alpha value is -1.29. The van der Waals surface area contributed by atoms with Crippen molar-refractivity contribution < 1.29 is 4.79 Å². The van der Waals surface area contributed by atoms with E-state index in [1.165, 1.54) is 173 Å². The van der Waals surface area contributed by atoms with E-state index >= 15 is 0 Å². The highest BCUT2D eigenvalue weighted by molar-refractivity contribution is 5.85. The molecule has 0 aliphatic carbocycles. The summed E-state index contributed by atoms with van der Waals surface area (Å²) in [5.74, 6) is 1.12. The molecule has 0 saturated heterocycles. The fourth-order valence-electron chi connectivity index (χ4n) is 6.15. The number of hydrogen-bond donors (Lipinski definition) is 2. The Morgan fingerprint density at radius 1 is 0.622 bits per heavy atom. The number of aromatic nitrogens is 2. The van der Waals surface area contributed by atoms with Gasteiger partial charge in [-0.25, -0.2) is 4.98 Å². The van der Waals surface area contributed by atoms with E-state index in [4.69, 9.17) is 0 Å². The summed E-state index contributed by atoms with van der Waals surface area (Å²) in [6.07, 6.45) is 47.4. The summed E-state index contributed by atoms with van der Waals surface area (Å²) in [7, 11) is 0. The number of imidazole rings is 1. The number of rotatable bonds is 34. The van der Waals surface area contributed by atoms with Crippen LogP contribution in [-0.2, 0) is 11.2 Å². The maximum absolute atomic E-state index is 12.2. The lowest BCUT2D eigenvalue weighted by Crippen LogP contribution is -2.25. The molecule has 45 heavy (non-hydrogen) atoms. The fourth-order valence-corrected chi connectivity index (χ4v) is 6.15. The molecule has 0 atom stereocenters. The normalized spacial score (nSPS) is 11.3. The quantitative estimate of drug-likeness (QED) is 0.0730. The first-order valence-electron chi connectivity index (χ1n) is 19.7. The van der Waals surface area contributed by atoms with Crippen LogP contribution in [0, 0.1) is 0 Å². The lowest BCUT2D eigenvalue weighted by atomic mass is 10.0. The van der Waals surface area contributed by atoms with Gasteiger partial charge in [0.1, 0.15) is 5.82 Å². The van der Waals surface area contributed by atoms with Crippen LogP contribution < -0.4 is 5.32 Å². The molecule has 2 N–H and O–H groups in total. The molecule has 1 aromatic rings. The molecule has 1 heterocycles. The highest BCUT2D eigenvalue weighted by atomic mass is 35.5. The number of carbonyl (C=O) groups excluding carboxylic acids is 1. The summed E-state index contributed by atoms with van der Waals surface area (Å²) in [5, 5.41) is 3.09. The van der Waals surface area contributed by atoms with Gasteiger partial charge in [-0.15, -0.1) is 12.4 Å². The predicted octanol–water partition coefficient (Wildman–Crippen LogP) is 13.2. The first kappa shape index (κ1) is 43.7. The van der Waals surface area contributed by atoms with E-state index in [9.17, 15) is 4.79 Å². The van der Waals surface area contributed by atoms with Gasteiger partial charge in [0.25, 0.3) is 0 Å². The first-order valence-corrected chi connectivity index (χ1v) is 19.7. The Labute approximate surface area is 287 Å². The Balaban J connectivity index is 0.0000194. The average molecular weight is 651 g/mol. The maximum atomic E-state index is 12.2. The van der Waals surface area contributed by atoms with E-state index in [-0.39, 0.29) is 18.3 Å². The van der Waals surface area contributed by atoms with Crippen LogP contribution in [-0.4, -0.2) is 22.4 Å². The second-order valence-electron chi connectivity index (χ2n) is 13.5. The van der Waals surface area contributed by atoms with Gasteiger partial charge in [-0.3, -0.25) is 4.79 Å². The summed E-state index contributed by atoms with van der Waals surface area (Å²) in [4.78, 5) is 20.1. The number of nitrogens with one attached hydrogen (secondary N) is 2. The van der Waals surface area contributed by atoms with Crippen LogP contribution in [0.1, 0.15) is 218 Å². The minimum atomic E-state index is 0. The van der Waals surface area contributed by atoms with Crippen molar-refractivity contribution in [2.24, 2.45) is 0 Å². The summed E-state index contributed by atoms with van der Waals surface area (Å²) in [6, 6.07) is 0. The Bertz CT molecular complexity index is 762. The summed E-state index contributed by atoms with van der Waals surface area (Å²) < 4.78 is 0. The van der Waals surface area contributed by atoms with Crippen molar-refractivity contribution in [1.82, 2.24) is 15.3 Å². The number of aromatic amines is 1. The molecule has 0 fully saturated rings. The molecular formula is C40H76ClN3O. The molecule has 0 radical (unpaired) electrons. The van der Waals surface area contributed by atoms with Crippen molar-refractivity contribution in [2.75, 3.05) is 6.54 Å². The monoisotopic (exact) mass is 650 g/mol. The highest BCUT2D eigenvalue weighted by Gasteiger charge is 2.03. The summed E-state index contributed by atoms with van der Waals surface area (Å²) >= 11 is 0. The number of H-pyrrole nitrogens is 1. The molecular weight excluding hydrogens is 574 g/mol. The lowest BCUT2D eigenvalue weighted by molar-refractivity contribution is -0.121. The number of carbonyl (C=O) groups is 1. The fraction of sp³-hybridized carbons (Fsp3) is 0.850. The van der Waals surface area contributed by atoms with Gasteiger partial charge in [-0.05, 0) is 25.3 Å². The van der Waals surface area contributed by atoms with Gasteiger partial charge in [-0.1, -0.05) is 187 Å². The van der Waals surface area contributed by atoms with Crippen LogP contribution in [0.5, 0.6) is 0 Å². The highest BCUT2D eigenvalue weighted by Crippen LogP contribution is 2.15. The number of nitrogens with zero attached hydrogens (tertiary/aromatic N) is 1. The minimum Gasteiger partial charge on any atom is -0.356 e. The SMILES string of the molecule is CCCCCCCCCCCCCCCC=Cc1ncc(CCNC(=O)CCCCCCCCCCCCCCCCC)[nH]1.Cl. The molecule has 4 nitrogen and oxygen atoms in total. The van der Waals surface area contributed by atoms with Crippen molar-refractivity contribution >= 4 is 24.4 Å². The van der Waals surface area contributed by atoms with Crippen LogP contribution in [0.15, 0.2) is 12.3 Å². The second-order valence-corrected chi connectivity index (χ2v) is 13.5. The molecule has 1 aromatic heterocycles. The van der Waals surface area contributed by atoms with E-state index in [0.29, 0.717) is 13.0 Å². The summed E-state index contributed by atoms with van der Waals surface area (Å²) in [6.45, 7) is 5.26. The van der Waals surface area contributed by atoms with Gasteiger partial charge in [0.15, 0.2) is 0 Å². The molecule has 0 bridgehead atoms. The summed E-state index contributed by atoms with van der Waals surface area (Å²) in [5.41, 5.74) is 1.10. The molecule has 0 aliphatic heterocycles. The minimum absolute atomic E-state index is 0. The third kappa shape index (κ3) is 31.1. The van der Waals surface area contributed by atoms with Crippen LogP contribution >= 0.6 is 12.4 Å². The third-order valence-corrected chi connectivity index (χ3v) is 9.12. The third-order valence-electron chi connectivity index (χ3n) is 9.12. The largest absolute Gasteiger partial charge is 0.356 e. The van der Waals surface area contributed by atoms with Gasteiger partial charge in [0.2, 0.25) is 5.91 Å². The van der Waals surface area contributed by atoms with E-state index in [0.717, 1.165) is 30.8 Å². The number of hydrogen-bond acceptors (Lipinski definition) is 2. The van der Waals surface area contributed by atoms with Crippen LogP contribution in [0.4, 0.5) is 0 Å². The predicted molar refractivity (Wildman–Crippen MR) is 201 cm³/mol. The zero-order valence-electron chi connectivity index (χ0n) is 30.1. The van der Waals surface area contributed by atoms with Gasteiger partial charge >= 0.3 is 0 Å². The Kier molecular flexibility index (Phi) is 34.5. The number of amides is 1. The average Bonchev–Trinajstić information content (AvgIpc) is 3.48. The van der Waals surface area contributed by atoms with Gasteiger partial charge < -0.3 is 10.3 Å². The Morgan fingerprint density at radius 2 is 1.02 bits per heavy atom. The zero-order chi connectivity index (χ0) is 31.6. The zero-order valence-corrected chi connectivity index (χ0v) is 30.9. The molecule has 0 spiro atoms. The molecule has 0 saturated carbocycles. The van der Waals surface area contributed by atoms with Crippen molar-refractivity contribution in [3.8, 4) is 0 Å². The van der Waals surface area contributed by atoms with Crippen LogP contribution in [0.25, 0.3) is 6.08 Å². The molecule has 5 heteroatoms. The smallest absolute Gasteiger partial charge is 0.220 e. The molecule has 264 valence electrons. The molecule has 0 aromatic carbocycles. The lowest BCUT2D eigenvalue weighted by Gasteiger charge is -2.05. The standard InChI is InChI=1S/C40H75N3O.ClH/c1-3-5-7-9-11-13-15-17-19-21-23-25-27-29-31-33-39-42-37-38(43-39)35-36-41-40(44)34-32-30-28-26-24-22-20-18-16-14-12-10-8-6-4-2;/h31,33,37H,3-30,32,34-36H2,1-2H3,(H,41,44)(H,42,43);1H. The number of halogens is 1. The molecule has 0 unspecified atom stereocenters.